The van der Waals surface area contributed by atoms with E-state index in [2.05, 4.69) is 0 Å². The van der Waals surface area contributed by atoms with Gasteiger partial charge in [0.05, 0.1) is 19.1 Å². The molecule has 0 N–H and O–H groups in total. The maximum Gasteiger partial charge on any atom is 0.319 e. The van der Waals surface area contributed by atoms with E-state index >= 15 is 0 Å². The van der Waals surface area contributed by atoms with Crippen molar-refractivity contribution in [3.63, 3.8) is 0 Å². The van der Waals surface area contributed by atoms with Crippen LogP contribution in [0.15, 0.2) is 0 Å². The Kier molecular flexibility index (Phi) is 9.01. The molecule has 138 valence electrons. The Morgan fingerprint density at radius 3 is 2.42 bits per heavy atom. The van der Waals surface area contributed by atoms with Gasteiger partial charge < -0.3 is 9.47 Å². The molecule has 0 heterocycles. The van der Waals surface area contributed by atoms with Crippen LogP contribution >= 0.6 is 0 Å². The van der Waals surface area contributed by atoms with E-state index in [0.29, 0.717) is 32.5 Å². The molecule has 0 amide bonds. The Hall–Kier alpha value is -1.39. The van der Waals surface area contributed by atoms with Crippen molar-refractivity contribution in [3.05, 3.63) is 0 Å². The van der Waals surface area contributed by atoms with Gasteiger partial charge >= 0.3 is 11.9 Å². The Labute approximate surface area is 145 Å². The predicted molar refractivity (Wildman–Crippen MR) is 91.4 cm³/mol. The summed E-state index contributed by atoms with van der Waals surface area (Å²) in [5.41, 5.74) is -0.916. The van der Waals surface area contributed by atoms with Gasteiger partial charge in [-0.05, 0) is 39.5 Å². The molecule has 0 radical (unpaired) electrons. The van der Waals surface area contributed by atoms with Crippen molar-refractivity contribution in [2.75, 3.05) is 13.2 Å². The van der Waals surface area contributed by atoms with E-state index in [-0.39, 0.29) is 23.6 Å². The third kappa shape index (κ3) is 5.60. The standard InChI is InChI=1S/C19H32O5/c1-4-23-17(21)15(3)11-7-6-9-13-19(18(22)24-5-2)14-10-8-12-16(19)20/h15H,4-14H2,1-3H3. The summed E-state index contributed by atoms with van der Waals surface area (Å²) in [5.74, 6) is -0.537. The van der Waals surface area contributed by atoms with Crippen LogP contribution < -0.4 is 0 Å². The van der Waals surface area contributed by atoms with Crippen LogP contribution in [0.2, 0.25) is 0 Å². The monoisotopic (exact) mass is 340 g/mol. The molecule has 1 aliphatic rings. The molecule has 1 aliphatic carbocycles. The minimum absolute atomic E-state index is 0.0482. The van der Waals surface area contributed by atoms with E-state index in [1.807, 2.05) is 6.92 Å². The number of ether oxygens (including phenoxy) is 2. The minimum atomic E-state index is -0.916. The van der Waals surface area contributed by atoms with Gasteiger partial charge in [0.2, 0.25) is 0 Å². The molecule has 5 heteroatoms. The summed E-state index contributed by atoms with van der Waals surface area (Å²) in [6, 6.07) is 0. The largest absolute Gasteiger partial charge is 0.466 e. The topological polar surface area (TPSA) is 69.7 Å². The second-order valence-electron chi connectivity index (χ2n) is 6.69. The smallest absolute Gasteiger partial charge is 0.319 e. The van der Waals surface area contributed by atoms with E-state index in [4.69, 9.17) is 9.47 Å². The number of unbranched alkanes of at least 4 members (excludes halogenated alkanes) is 2. The second-order valence-corrected chi connectivity index (χ2v) is 6.69. The van der Waals surface area contributed by atoms with Crippen molar-refractivity contribution in [2.45, 2.75) is 78.6 Å². The predicted octanol–water partition coefficient (Wildman–Crippen LogP) is 3.83. The zero-order valence-corrected chi connectivity index (χ0v) is 15.4. The van der Waals surface area contributed by atoms with Crippen LogP contribution in [0, 0.1) is 11.3 Å². The summed E-state index contributed by atoms with van der Waals surface area (Å²) in [5, 5.41) is 0. The van der Waals surface area contributed by atoms with Crippen LogP contribution in [0.1, 0.15) is 78.6 Å². The van der Waals surface area contributed by atoms with Gasteiger partial charge in [0.1, 0.15) is 11.2 Å². The molecule has 0 aromatic rings. The fraction of sp³-hybridized carbons (Fsp3) is 0.842. The zero-order chi connectivity index (χ0) is 18.0. The Morgan fingerprint density at radius 2 is 1.79 bits per heavy atom. The molecule has 2 atom stereocenters. The molecule has 1 saturated carbocycles. The van der Waals surface area contributed by atoms with Crippen molar-refractivity contribution in [2.24, 2.45) is 11.3 Å². The number of carbonyl (C=O) groups excluding carboxylic acids is 3. The normalized spacial score (nSPS) is 22.0. The fourth-order valence-corrected chi connectivity index (χ4v) is 3.40. The number of Topliss-reactive ketones (excluding diaryl/α,β-unsaturated/α-hetero) is 1. The van der Waals surface area contributed by atoms with Gasteiger partial charge in [-0.2, -0.15) is 0 Å². The Balaban J connectivity index is 2.45. The molecule has 24 heavy (non-hydrogen) atoms. The molecule has 0 aromatic carbocycles. The quantitative estimate of drug-likeness (QED) is 0.343. The van der Waals surface area contributed by atoms with Crippen molar-refractivity contribution in [1.29, 1.82) is 0 Å². The van der Waals surface area contributed by atoms with E-state index in [0.717, 1.165) is 38.5 Å². The van der Waals surface area contributed by atoms with Crippen LogP contribution in [0.25, 0.3) is 0 Å². The number of hydrogen-bond donors (Lipinski definition) is 0. The first-order valence-electron chi connectivity index (χ1n) is 9.35. The highest BCUT2D eigenvalue weighted by atomic mass is 16.5. The molecule has 2 unspecified atom stereocenters. The lowest BCUT2D eigenvalue weighted by Crippen LogP contribution is -2.43. The third-order valence-corrected chi connectivity index (χ3v) is 4.89. The SMILES string of the molecule is CCOC(=O)C(C)CCCCCC1(C(=O)OCC)CCCCC1=O. The molecule has 0 saturated heterocycles. The van der Waals surface area contributed by atoms with Crippen LogP contribution in [0.5, 0.6) is 0 Å². The number of carbonyl (C=O) groups is 3. The van der Waals surface area contributed by atoms with Gasteiger partial charge in [-0.1, -0.05) is 32.6 Å². The highest BCUT2D eigenvalue weighted by Gasteiger charge is 2.47. The van der Waals surface area contributed by atoms with Gasteiger partial charge in [0.15, 0.2) is 0 Å². The van der Waals surface area contributed by atoms with Crippen LogP contribution in [0.4, 0.5) is 0 Å². The van der Waals surface area contributed by atoms with Gasteiger partial charge in [0, 0.05) is 6.42 Å². The maximum absolute atomic E-state index is 12.4. The molecule has 0 aromatic heterocycles. The summed E-state index contributed by atoms with van der Waals surface area (Å²) in [7, 11) is 0. The summed E-state index contributed by atoms with van der Waals surface area (Å²) >= 11 is 0. The molecule has 0 aliphatic heterocycles. The van der Waals surface area contributed by atoms with Crippen molar-refractivity contribution in [1.82, 2.24) is 0 Å². The summed E-state index contributed by atoms with van der Waals surface area (Å²) in [6.45, 7) is 6.18. The summed E-state index contributed by atoms with van der Waals surface area (Å²) < 4.78 is 10.2. The first-order chi connectivity index (χ1) is 11.5. The number of hydrogen-bond acceptors (Lipinski definition) is 5. The van der Waals surface area contributed by atoms with E-state index in [9.17, 15) is 14.4 Å². The first kappa shape index (κ1) is 20.7. The van der Waals surface area contributed by atoms with Gasteiger partial charge in [0.25, 0.3) is 0 Å². The molecule has 5 nitrogen and oxygen atoms in total. The zero-order valence-electron chi connectivity index (χ0n) is 15.4. The van der Waals surface area contributed by atoms with E-state index in [1.54, 1.807) is 13.8 Å². The summed E-state index contributed by atoms with van der Waals surface area (Å²) in [4.78, 5) is 36.3. The van der Waals surface area contributed by atoms with Crippen LogP contribution in [0.3, 0.4) is 0 Å². The van der Waals surface area contributed by atoms with E-state index < -0.39 is 5.41 Å². The van der Waals surface area contributed by atoms with E-state index in [1.165, 1.54) is 0 Å². The fourth-order valence-electron chi connectivity index (χ4n) is 3.40. The first-order valence-corrected chi connectivity index (χ1v) is 9.35. The summed E-state index contributed by atoms with van der Waals surface area (Å²) in [6.07, 6.45) is 6.83. The van der Waals surface area contributed by atoms with Gasteiger partial charge in [-0.15, -0.1) is 0 Å². The Morgan fingerprint density at radius 1 is 1.08 bits per heavy atom. The maximum atomic E-state index is 12.4. The highest BCUT2D eigenvalue weighted by Crippen LogP contribution is 2.39. The van der Waals surface area contributed by atoms with Crippen molar-refractivity contribution in [3.8, 4) is 0 Å². The average Bonchev–Trinajstić information content (AvgIpc) is 2.56. The van der Waals surface area contributed by atoms with Crippen LogP contribution in [-0.2, 0) is 23.9 Å². The molecular formula is C19H32O5. The lowest BCUT2D eigenvalue weighted by molar-refractivity contribution is -0.163. The molecule has 1 rings (SSSR count). The number of esters is 2. The Bertz CT molecular complexity index is 431. The van der Waals surface area contributed by atoms with Crippen molar-refractivity contribution < 1.29 is 23.9 Å². The number of ketones is 1. The minimum Gasteiger partial charge on any atom is -0.466 e. The lowest BCUT2D eigenvalue weighted by atomic mass is 9.70. The lowest BCUT2D eigenvalue weighted by Gasteiger charge is -2.33. The number of rotatable bonds is 10. The third-order valence-electron chi connectivity index (χ3n) is 4.89. The van der Waals surface area contributed by atoms with Crippen molar-refractivity contribution >= 4 is 17.7 Å². The highest BCUT2D eigenvalue weighted by molar-refractivity contribution is 6.04. The molecule has 1 fully saturated rings. The van der Waals surface area contributed by atoms with Gasteiger partial charge in [-0.25, -0.2) is 0 Å². The average molecular weight is 340 g/mol. The van der Waals surface area contributed by atoms with Gasteiger partial charge in [-0.3, -0.25) is 14.4 Å². The molecular weight excluding hydrogens is 308 g/mol. The van der Waals surface area contributed by atoms with Crippen LogP contribution in [-0.4, -0.2) is 30.9 Å². The molecule has 0 bridgehead atoms. The second kappa shape index (κ2) is 10.5. The molecule has 0 spiro atoms.